The van der Waals surface area contributed by atoms with Gasteiger partial charge in [-0.15, -0.1) is 0 Å². The zero-order chi connectivity index (χ0) is 17.1. The first-order valence-corrected chi connectivity index (χ1v) is 8.04. The van der Waals surface area contributed by atoms with Gasteiger partial charge < -0.3 is 10.1 Å². The van der Waals surface area contributed by atoms with Crippen LogP contribution in [0.1, 0.15) is 30.6 Å². The van der Waals surface area contributed by atoms with Crippen LogP contribution in [0, 0.1) is 0 Å². The number of nitrogens with one attached hydrogen (secondary N) is 1. The first-order chi connectivity index (χ1) is 11.6. The SMILES string of the molecule is CCC(C)NC(=O)c1ccc2c(c1)ncn2-c1ccc(OC)cc1. The molecule has 0 saturated carbocycles. The second kappa shape index (κ2) is 6.74. The molecule has 0 radical (unpaired) electrons. The highest BCUT2D eigenvalue weighted by molar-refractivity contribution is 5.97. The number of benzene rings is 2. The summed E-state index contributed by atoms with van der Waals surface area (Å²) in [5.74, 6) is 0.748. The number of aromatic nitrogens is 2. The second-order valence-corrected chi connectivity index (χ2v) is 5.80. The van der Waals surface area contributed by atoms with Crippen molar-refractivity contribution < 1.29 is 9.53 Å². The summed E-state index contributed by atoms with van der Waals surface area (Å²) in [6.07, 6.45) is 2.67. The van der Waals surface area contributed by atoms with Gasteiger partial charge in [0.25, 0.3) is 5.91 Å². The minimum atomic E-state index is -0.0646. The molecule has 0 spiro atoms. The lowest BCUT2D eigenvalue weighted by Gasteiger charge is -2.11. The van der Waals surface area contributed by atoms with Gasteiger partial charge in [0, 0.05) is 17.3 Å². The summed E-state index contributed by atoms with van der Waals surface area (Å²) in [5.41, 5.74) is 3.38. The summed E-state index contributed by atoms with van der Waals surface area (Å²) in [5, 5.41) is 2.97. The van der Waals surface area contributed by atoms with E-state index in [1.807, 2.05) is 60.9 Å². The minimum Gasteiger partial charge on any atom is -0.497 e. The maximum absolute atomic E-state index is 12.2. The molecular weight excluding hydrogens is 302 g/mol. The standard InChI is InChI=1S/C19H21N3O2/c1-4-13(2)21-19(23)14-5-10-18-17(11-14)20-12-22(18)15-6-8-16(24-3)9-7-15/h5-13H,4H2,1-3H3,(H,21,23). The van der Waals surface area contributed by atoms with E-state index in [1.165, 1.54) is 0 Å². The van der Waals surface area contributed by atoms with Gasteiger partial charge in [0.05, 0.1) is 18.1 Å². The molecule has 1 amide bonds. The number of ether oxygens (including phenoxy) is 1. The molecule has 1 aromatic heterocycles. The second-order valence-electron chi connectivity index (χ2n) is 5.80. The van der Waals surface area contributed by atoms with Crippen LogP contribution in [0.5, 0.6) is 5.75 Å². The number of imidazole rings is 1. The van der Waals surface area contributed by atoms with Crippen molar-refractivity contribution in [3.63, 3.8) is 0 Å². The van der Waals surface area contributed by atoms with E-state index in [-0.39, 0.29) is 11.9 Å². The lowest BCUT2D eigenvalue weighted by Crippen LogP contribution is -2.31. The molecule has 0 fully saturated rings. The van der Waals surface area contributed by atoms with Crippen LogP contribution in [0.15, 0.2) is 48.8 Å². The van der Waals surface area contributed by atoms with Crippen LogP contribution >= 0.6 is 0 Å². The van der Waals surface area contributed by atoms with Crippen LogP contribution in [0.3, 0.4) is 0 Å². The summed E-state index contributed by atoms with van der Waals surface area (Å²) in [4.78, 5) is 16.7. The predicted octanol–water partition coefficient (Wildman–Crippen LogP) is 3.56. The molecule has 0 bridgehead atoms. The van der Waals surface area contributed by atoms with Crippen molar-refractivity contribution in [2.24, 2.45) is 0 Å². The van der Waals surface area contributed by atoms with E-state index in [0.717, 1.165) is 28.9 Å². The van der Waals surface area contributed by atoms with Crippen molar-refractivity contribution in [1.82, 2.24) is 14.9 Å². The summed E-state index contributed by atoms with van der Waals surface area (Å²) in [6, 6.07) is 13.5. The molecule has 3 rings (SSSR count). The van der Waals surface area contributed by atoms with Crippen LogP contribution in [0.4, 0.5) is 0 Å². The Morgan fingerprint density at radius 3 is 2.67 bits per heavy atom. The van der Waals surface area contributed by atoms with Gasteiger partial charge in [0.2, 0.25) is 0 Å². The number of carbonyl (C=O) groups excluding carboxylic acids is 1. The maximum Gasteiger partial charge on any atom is 0.251 e. The van der Waals surface area contributed by atoms with Gasteiger partial charge in [-0.1, -0.05) is 6.92 Å². The van der Waals surface area contributed by atoms with E-state index in [9.17, 15) is 4.79 Å². The fourth-order valence-corrected chi connectivity index (χ4v) is 2.51. The number of fused-ring (bicyclic) bond motifs is 1. The van der Waals surface area contributed by atoms with Crippen LogP contribution < -0.4 is 10.1 Å². The molecular formula is C19H21N3O2. The van der Waals surface area contributed by atoms with Crippen molar-refractivity contribution >= 4 is 16.9 Å². The highest BCUT2D eigenvalue weighted by atomic mass is 16.5. The molecule has 1 unspecified atom stereocenters. The Morgan fingerprint density at radius 2 is 2.00 bits per heavy atom. The number of hydrogen-bond donors (Lipinski definition) is 1. The Bertz CT molecular complexity index is 853. The molecule has 0 aliphatic carbocycles. The van der Waals surface area contributed by atoms with E-state index in [1.54, 1.807) is 13.4 Å². The lowest BCUT2D eigenvalue weighted by atomic mass is 10.1. The molecule has 1 atom stereocenters. The highest BCUT2D eigenvalue weighted by Crippen LogP contribution is 2.21. The van der Waals surface area contributed by atoms with Crippen molar-refractivity contribution in [2.45, 2.75) is 26.3 Å². The molecule has 0 aliphatic rings. The van der Waals surface area contributed by atoms with Gasteiger partial charge in [-0.05, 0) is 55.8 Å². The van der Waals surface area contributed by atoms with Crippen molar-refractivity contribution in [3.8, 4) is 11.4 Å². The summed E-state index contributed by atoms with van der Waals surface area (Å²) < 4.78 is 7.18. The van der Waals surface area contributed by atoms with Crippen LogP contribution in [0.25, 0.3) is 16.7 Å². The molecule has 0 saturated heterocycles. The van der Waals surface area contributed by atoms with Crippen molar-refractivity contribution in [1.29, 1.82) is 0 Å². The minimum absolute atomic E-state index is 0.0646. The molecule has 0 aliphatic heterocycles. The fraction of sp³-hybridized carbons (Fsp3) is 0.263. The van der Waals surface area contributed by atoms with E-state index in [0.29, 0.717) is 5.56 Å². The number of carbonyl (C=O) groups is 1. The summed E-state index contributed by atoms with van der Waals surface area (Å²) in [6.45, 7) is 4.04. The predicted molar refractivity (Wildman–Crippen MR) is 94.8 cm³/mol. The first kappa shape index (κ1) is 16.1. The van der Waals surface area contributed by atoms with Gasteiger partial charge in [0.1, 0.15) is 12.1 Å². The Kier molecular flexibility index (Phi) is 4.51. The van der Waals surface area contributed by atoms with E-state index < -0.39 is 0 Å². The summed E-state index contributed by atoms with van der Waals surface area (Å²) >= 11 is 0. The number of rotatable bonds is 5. The normalized spacial score (nSPS) is 12.1. The lowest BCUT2D eigenvalue weighted by molar-refractivity contribution is 0.0939. The monoisotopic (exact) mass is 323 g/mol. The molecule has 124 valence electrons. The van der Waals surface area contributed by atoms with E-state index in [4.69, 9.17) is 4.74 Å². The Hall–Kier alpha value is -2.82. The maximum atomic E-state index is 12.2. The smallest absolute Gasteiger partial charge is 0.251 e. The molecule has 24 heavy (non-hydrogen) atoms. The first-order valence-electron chi connectivity index (χ1n) is 8.04. The Labute approximate surface area is 141 Å². The van der Waals surface area contributed by atoms with E-state index in [2.05, 4.69) is 10.3 Å². The molecule has 1 heterocycles. The Morgan fingerprint density at radius 1 is 1.25 bits per heavy atom. The van der Waals surface area contributed by atoms with Crippen molar-refractivity contribution in [3.05, 3.63) is 54.4 Å². The number of amides is 1. The third kappa shape index (κ3) is 3.11. The van der Waals surface area contributed by atoms with Crippen LogP contribution in [0.2, 0.25) is 0 Å². The largest absolute Gasteiger partial charge is 0.497 e. The number of methoxy groups -OCH3 is 1. The number of hydrogen-bond acceptors (Lipinski definition) is 3. The van der Waals surface area contributed by atoms with Gasteiger partial charge in [-0.2, -0.15) is 0 Å². The highest BCUT2D eigenvalue weighted by Gasteiger charge is 2.11. The molecule has 5 nitrogen and oxygen atoms in total. The van der Waals surface area contributed by atoms with Crippen LogP contribution in [-0.4, -0.2) is 28.6 Å². The van der Waals surface area contributed by atoms with Crippen molar-refractivity contribution in [2.75, 3.05) is 7.11 Å². The number of nitrogens with zero attached hydrogens (tertiary/aromatic N) is 2. The molecule has 3 aromatic rings. The average Bonchev–Trinajstić information content (AvgIpc) is 3.04. The quantitative estimate of drug-likeness (QED) is 0.781. The Balaban J connectivity index is 1.91. The van der Waals surface area contributed by atoms with Gasteiger partial charge in [0.15, 0.2) is 0 Å². The third-order valence-corrected chi connectivity index (χ3v) is 4.15. The zero-order valence-corrected chi connectivity index (χ0v) is 14.1. The van der Waals surface area contributed by atoms with E-state index >= 15 is 0 Å². The zero-order valence-electron chi connectivity index (χ0n) is 14.1. The van der Waals surface area contributed by atoms with Gasteiger partial charge >= 0.3 is 0 Å². The summed E-state index contributed by atoms with van der Waals surface area (Å²) in [7, 11) is 1.65. The van der Waals surface area contributed by atoms with Crippen LogP contribution in [-0.2, 0) is 0 Å². The third-order valence-electron chi connectivity index (χ3n) is 4.15. The topological polar surface area (TPSA) is 56.2 Å². The average molecular weight is 323 g/mol. The molecule has 5 heteroatoms. The van der Waals surface area contributed by atoms with Gasteiger partial charge in [-0.3, -0.25) is 9.36 Å². The van der Waals surface area contributed by atoms with Gasteiger partial charge in [-0.25, -0.2) is 4.98 Å². The molecule has 2 aromatic carbocycles. The molecule has 1 N–H and O–H groups in total. The fourth-order valence-electron chi connectivity index (χ4n) is 2.51.